The Morgan fingerprint density at radius 1 is 1.27 bits per heavy atom. The van der Waals surface area contributed by atoms with Crippen molar-refractivity contribution in [2.24, 2.45) is 11.1 Å². The van der Waals surface area contributed by atoms with Crippen LogP contribution in [0.3, 0.4) is 0 Å². The van der Waals surface area contributed by atoms with Gasteiger partial charge < -0.3 is 9.47 Å². The molecule has 0 bridgehead atoms. The zero-order valence-electron chi connectivity index (χ0n) is 9.60. The number of nitrogens with two attached hydrogens (primary N) is 1. The zero-order chi connectivity index (χ0) is 11.9. The number of primary sulfonamides is 1. The summed E-state index contributed by atoms with van der Waals surface area (Å²) >= 11 is 0. The van der Waals surface area contributed by atoms with E-state index in [1.165, 1.54) is 0 Å². The molecule has 0 aliphatic rings. The molecule has 0 saturated heterocycles. The predicted molar refractivity (Wildman–Crippen MR) is 59.0 cm³/mol. The van der Waals surface area contributed by atoms with Gasteiger partial charge in [0.2, 0.25) is 10.0 Å². The summed E-state index contributed by atoms with van der Waals surface area (Å²) in [6.45, 7) is 7.15. The lowest BCUT2D eigenvalue weighted by atomic mass is 10.2. The van der Waals surface area contributed by atoms with Crippen LogP contribution in [0, 0.1) is 5.92 Å². The summed E-state index contributed by atoms with van der Waals surface area (Å²) in [6, 6.07) is 0. The van der Waals surface area contributed by atoms with Crippen LogP contribution in [-0.2, 0) is 19.5 Å². The third-order valence-corrected chi connectivity index (χ3v) is 2.77. The van der Waals surface area contributed by atoms with E-state index in [2.05, 4.69) is 0 Å². The highest BCUT2D eigenvalue weighted by atomic mass is 32.2. The fraction of sp³-hybridized carbons (Fsp3) is 1.00. The van der Waals surface area contributed by atoms with Gasteiger partial charge in [0, 0.05) is 6.61 Å². The SMILES string of the molecule is CCOCC(C)OCC(C)CS(N)(=O)=O. The average Bonchev–Trinajstić information content (AvgIpc) is 2.08. The van der Waals surface area contributed by atoms with Gasteiger partial charge in [0.05, 0.1) is 25.1 Å². The van der Waals surface area contributed by atoms with E-state index in [1.54, 1.807) is 6.92 Å². The van der Waals surface area contributed by atoms with Gasteiger partial charge in [-0.25, -0.2) is 13.6 Å². The molecule has 0 spiro atoms. The zero-order valence-corrected chi connectivity index (χ0v) is 10.4. The van der Waals surface area contributed by atoms with E-state index < -0.39 is 10.0 Å². The van der Waals surface area contributed by atoms with Crippen LogP contribution in [0.15, 0.2) is 0 Å². The average molecular weight is 239 g/mol. The summed E-state index contributed by atoms with van der Waals surface area (Å²) in [5, 5.41) is 4.91. The van der Waals surface area contributed by atoms with Crippen molar-refractivity contribution in [2.75, 3.05) is 25.6 Å². The molecule has 5 nitrogen and oxygen atoms in total. The summed E-state index contributed by atoms with van der Waals surface area (Å²) in [4.78, 5) is 0. The maximum atomic E-state index is 10.8. The summed E-state index contributed by atoms with van der Waals surface area (Å²) in [5.74, 6) is -0.141. The molecule has 0 aliphatic heterocycles. The molecule has 0 aliphatic carbocycles. The summed E-state index contributed by atoms with van der Waals surface area (Å²) < 4.78 is 32.1. The first-order valence-corrected chi connectivity index (χ1v) is 6.76. The Kier molecular flexibility index (Phi) is 7.08. The van der Waals surface area contributed by atoms with Gasteiger partial charge in [-0.15, -0.1) is 0 Å². The van der Waals surface area contributed by atoms with Crippen LogP contribution in [0.1, 0.15) is 20.8 Å². The molecule has 2 atom stereocenters. The van der Waals surface area contributed by atoms with Gasteiger partial charge in [0.1, 0.15) is 0 Å². The fourth-order valence-electron chi connectivity index (χ4n) is 1.11. The maximum Gasteiger partial charge on any atom is 0.209 e. The van der Waals surface area contributed by atoms with E-state index in [0.717, 1.165) is 0 Å². The van der Waals surface area contributed by atoms with Crippen molar-refractivity contribution in [3.05, 3.63) is 0 Å². The first kappa shape index (κ1) is 14.8. The van der Waals surface area contributed by atoms with Crippen LogP contribution >= 0.6 is 0 Å². The topological polar surface area (TPSA) is 78.6 Å². The van der Waals surface area contributed by atoms with Crippen LogP contribution in [0.4, 0.5) is 0 Å². The van der Waals surface area contributed by atoms with Crippen molar-refractivity contribution in [1.29, 1.82) is 0 Å². The molecule has 0 fully saturated rings. The highest BCUT2D eigenvalue weighted by Gasteiger charge is 2.12. The second kappa shape index (κ2) is 7.16. The molecule has 0 aromatic heterocycles. The molecule has 0 amide bonds. The Labute approximate surface area is 92.0 Å². The number of hydrogen-bond acceptors (Lipinski definition) is 4. The minimum absolute atomic E-state index is 0.0205. The van der Waals surface area contributed by atoms with Crippen molar-refractivity contribution >= 4 is 10.0 Å². The monoisotopic (exact) mass is 239 g/mol. The lowest BCUT2D eigenvalue weighted by Crippen LogP contribution is -2.26. The Morgan fingerprint density at radius 2 is 1.87 bits per heavy atom. The van der Waals surface area contributed by atoms with Gasteiger partial charge in [0.25, 0.3) is 0 Å². The van der Waals surface area contributed by atoms with Gasteiger partial charge in [0.15, 0.2) is 0 Å². The Balaban J connectivity index is 3.66. The lowest BCUT2D eigenvalue weighted by Gasteiger charge is -2.16. The summed E-state index contributed by atoms with van der Waals surface area (Å²) in [5.41, 5.74) is 0. The molecule has 2 unspecified atom stereocenters. The predicted octanol–water partition coefficient (Wildman–Crippen LogP) is 0.353. The molecular formula is C9H21NO4S. The van der Waals surface area contributed by atoms with E-state index in [1.807, 2.05) is 13.8 Å². The molecule has 15 heavy (non-hydrogen) atoms. The first-order valence-electron chi connectivity index (χ1n) is 5.05. The van der Waals surface area contributed by atoms with Gasteiger partial charge in [-0.1, -0.05) is 6.92 Å². The molecule has 0 saturated carbocycles. The summed E-state index contributed by atoms with van der Waals surface area (Å²) in [6.07, 6.45) is -0.0205. The van der Waals surface area contributed by atoms with Crippen molar-refractivity contribution in [2.45, 2.75) is 26.9 Å². The molecule has 0 radical (unpaired) electrons. The number of hydrogen-bond donors (Lipinski definition) is 1. The number of rotatable bonds is 8. The number of ether oxygens (including phenoxy) is 2. The highest BCUT2D eigenvalue weighted by Crippen LogP contribution is 2.02. The Bertz CT molecular complexity index is 253. The lowest BCUT2D eigenvalue weighted by molar-refractivity contribution is -0.0127. The smallest absolute Gasteiger partial charge is 0.209 e. The van der Waals surface area contributed by atoms with E-state index in [4.69, 9.17) is 14.6 Å². The van der Waals surface area contributed by atoms with Crippen LogP contribution in [0.2, 0.25) is 0 Å². The highest BCUT2D eigenvalue weighted by molar-refractivity contribution is 7.89. The van der Waals surface area contributed by atoms with E-state index >= 15 is 0 Å². The van der Waals surface area contributed by atoms with Crippen molar-refractivity contribution in [1.82, 2.24) is 0 Å². The standard InChI is InChI=1S/C9H21NO4S/c1-4-13-6-9(3)14-5-8(2)7-15(10,11)12/h8-9H,4-7H2,1-3H3,(H2,10,11,12). The van der Waals surface area contributed by atoms with Gasteiger partial charge in [-0.05, 0) is 19.8 Å². The third-order valence-electron chi connectivity index (χ3n) is 1.74. The van der Waals surface area contributed by atoms with E-state index in [9.17, 15) is 8.42 Å². The largest absolute Gasteiger partial charge is 0.379 e. The minimum Gasteiger partial charge on any atom is -0.379 e. The van der Waals surface area contributed by atoms with Crippen molar-refractivity contribution in [3.63, 3.8) is 0 Å². The van der Waals surface area contributed by atoms with Crippen LogP contribution in [-0.4, -0.2) is 40.1 Å². The van der Waals surface area contributed by atoms with Crippen LogP contribution < -0.4 is 5.14 Å². The molecule has 0 aromatic carbocycles. The maximum absolute atomic E-state index is 10.8. The molecule has 0 heterocycles. The molecule has 92 valence electrons. The van der Waals surface area contributed by atoms with Crippen molar-refractivity contribution in [3.8, 4) is 0 Å². The Morgan fingerprint density at radius 3 is 2.33 bits per heavy atom. The van der Waals surface area contributed by atoms with Gasteiger partial charge in [-0.2, -0.15) is 0 Å². The minimum atomic E-state index is -3.40. The molecule has 0 aromatic rings. The second-order valence-electron chi connectivity index (χ2n) is 3.74. The molecule has 0 rings (SSSR count). The normalized spacial score (nSPS) is 16.3. The quantitative estimate of drug-likeness (QED) is 0.663. The van der Waals surface area contributed by atoms with Gasteiger partial charge in [-0.3, -0.25) is 0 Å². The molecule has 2 N–H and O–H groups in total. The van der Waals surface area contributed by atoms with Gasteiger partial charge >= 0.3 is 0 Å². The Hall–Kier alpha value is -0.170. The third kappa shape index (κ3) is 10.1. The van der Waals surface area contributed by atoms with Crippen LogP contribution in [0.25, 0.3) is 0 Å². The van der Waals surface area contributed by atoms with E-state index in [0.29, 0.717) is 19.8 Å². The number of sulfonamides is 1. The molecule has 6 heteroatoms. The molecular weight excluding hydrogens is 218 g/mol. The first-order chi connectivity index (χ1) is 6.85. The van der Waals surface area contributed by atoms with Crippen LogP contribution in [0.5, 0.6) is 0 Å². The summed E-state index contributed by atoms with van der Waals surface area (Å²) in [7, 11) is -3.40. The fourth-order valence-corrected chi connectivity index (χ4v) is 1.99. The van der Waals surface area contributed by atoms with E-state index in [-0.39, 0.29) is 17.8 Å². The second-order valence-corrected chi connectivity index (χ2v) is 5.40. The van der Waals surface area contributed by atoms with Crippen molar-refractivity contribution < 1.29 is 17.9 Å².